The summed E-state index contributed by atoms with van der Waals surface area (Å²) in [6.07, 6.45) is 4.00. The lowest BCUT2D eigenvalue weighted by molar-refractivity contribution is -0.113. The first kappa shape index (κ1) is 23.9. The second-order valence-corrected chi connectivity index (χ2v) is 9.99. The summed E-state index contributed by atoms with van der Waals surface area (Å²) in [6, 6.07) is 7.47. The third-order valence-corrected chi connectivity index (χ3v) is 7.82. The predicted octanol–water partition coefficient (Wildman–Crippen LogP) is 3.99. The van der Waals surface area contributed by atoms with Crippen molar-refractivity contribution in [3.05, 3.63) is 57.5 Å². The Balaban J connectivity index is 1.37. The van der Waals surface area contributed by atoms with Crippen LogP contribution >= 0.6 is 23.1 Å². The molecule has 0 spiro atoms. The fourth-order valence-electron chi connectivity index (χ4n) is 3.88. The van der Waals surface area contributed by atoms with Crippen LogP contribution in [0, 0.1) is 17.1 Å². The van der Waals surface area contributed by atoms with Gasteiger partial charge in [-0.15, -0.1) is 21.5 Å². The number of hydrogen-bond acceptors (Lipinski definition) is 7. The number of benzene rings is 1. The standard InChI is InChI=1S/C23H23FN6O2S2/c1-13(26-21(32)15-8-3-5-9-17(15)24)20-28-29-23(30(20)2)33-12-19(31)27-22-16(11-25)14-7-4-6-10-18(14)34-22/h3,5,8-9,13H,4,6-7,10,12H2,1-2H3,(H,26,32)(H,27,31)/t13-/m0/s1. The summed E-state index contributed by atoms with van der Waals surface area (Å²) in [5.41, 5.74) is 1.61. The SMILES string of the molecule is C[C@H](NC(=O)c1ccccc1F)c1nnc(SCC(=O)Nc2sc3c(c2C#N)CCCC3)n1C. The van der Waals surface area contributed by atoms with E-state index in [-0.39, 0.29) is 17.2 Å². The van der Waals surface area contributed by atoms with Crippen LogP contribution in [-0.4, -0.2) is 32.3 Å². The lowest BCUT2D eigenvalue weighted by Crippen LogP contribution is -2.29. The topological polar surface area (TPSA) is 113 Å². The Hall–Kier alpha value is -3.23. The minimum Gasteiger partial charge on any atom is -0.342 e. The normalized spacial score (nSPS) is 13.6. The van der Waals surface area contributed by atoms with Crippen molar-refractivity contribution in [3.63, 3.8) is 0 Å². The van der Waals surface area contributed by atoms with Crippen molar-refractivity contribution < 1.29 is 14.0 Å². The Morgan fingerprint density at radius 1 is 1.29 bits per heavy atom. The number of aryl methyl sites for hydroxylation is 1. The minimum absolute atomic E-state index is 0.0465. The highest BCUT2D eigenvalue weighted by molar-refractivity contribution is 7.99. The highest BCUT2D eigenvalue weighted by Gasteiger charge is 2.23. The quantitative estimate of drug-likeness (QED) is 0.477. The molecule has 1 atom stereocenters. The third-order valence-electron chi connectivity index (χ3n) is 5.59. The van der Waals surface area contributed by atoms with Gasteiger partial charge in [0.1, 0.15) is 16.9 Å². The number of nitriles is 1. The lowest BCUT2D eigenvalue weighted by Gasteiger charge is -2.14. The molecule has 1 aromatic carbocycles. The van der Waals surface area contributed by atoms with Crippen molar-refractivity contribution in [2.45, 2.75) is 43.8 Å². The molecule has 34 heavy (non-hydrogen) atoms. The Morgan fingerprint density at radius 3 is 2.82 bits per heavy atom. The molecular formula is C23H23FN6O2S2. The maximum Gasteiger partial charge on any atom is 0.254 e. The molecule has 0 aliphatic heterocycles. The fraction of sp³-hybridized carbons (Fsp3) is 0.348. The van der Waals surface area contributed by atoms with Crippen LogP contribution in [-0.2, 0) is 24.7 Å². The molecule has 1 aliphatic rings. The first-order valence-electron chi connectivity index (χ1n) is 10.8. The van der Waals surface area contributed by atoms with Crippen LogP contribution in [0.2, 0.25) is 0 Å². The number of carbonyl (C=O) groups excluding carboxylic acids is 2. The van der Waals surface area contributed by atoms with Gasteiger partial charge in [-0.25, -0.2) is 4.39 Å². The molecular weight excluding hydrogens is 475 g/mol. The van der Waals surface area contributed by atoms with Crippen molar-refractivity contribution in [2.75, 3.05) is 11.1 Å². The van der Waals surface area contributed by atoms with Gasteiger partial charge < -0.3 is 15.2 Å². The van der Waals surface area contributed by atoms with Crippen LogP contribution in [0.25, 0.3) is 0 Å². The van der Waals surface area contributed by atoms with Gasteiger partial charge in [0.05, 0.1) is 22.9 Å². The van der Waals surface area contributed by atoms with Crippen molar-refractivity contribution in [3.8, 4) is 6.07 Å². The second kappa shape index (κ2) is 10.4. The van der Waals surface area contributed by atoms with Crippen LogP contribution in [0.5, 0.6) is 0 Å². The first-order chi connectivity index (χ1) is 16.4. The largest absolute Gasteiger partial charge is 0.342 e. The maximum atomic E-state index is 13.9. The van der Waals surface area contributed by atoms with Crippen molar-refractivity contribution in [2.24, 2.45) is 7.05 Å². The molecule has 0 saturated carbocycles. The second-order valence-electron chi connectivity index (χ2n) is 7.94. The molecule has 0 radical (unpaired) electrons. The van der Waals surface area contributed by atoms with E-state index in [0.717, 1.165) is 31.2 Å². The zero-order valence-corrected chi connectivity index (χ0v) is 20.4. The van der Waals surface area contributed by atoms with Crippen LogP contribution < -0.4 is 10.6 Å². The van der Waals surface area contributed by atoms with E-state index in [1.807, 2.05) is 0 Å². The first-order valence-corrected chi connectivity index (χ1v) is 12.6. The summed E-state index contributed by atoms with van der Waals surface area (Å²) in [5, 5.41) is 24.5. The number of hydrogen-bond donors (Lipinski definition) is 2. The number of rotatable bonds is 7. The molecule has 11 heteroatoms. The highest BCUT2D eigenvalue weighted by atomic mass is 32.2. The number of fused-ring (bicyclic) bond motifs is 1. The summed E-state index contributed by atoms with van der Waals surface area (Å²) >= 11 is 2.69. The summed E-state index contributed by atoms with van der Waals surface area (Å²) in [5.74, 6) is -0.807. The minimum atomic E-state index is -0.599. The van der Waals surface area contributed by atoms with E-state index >= 15 is 0 Å². The van der Waals surface area contributed by atoms with Crippen LogP contribution in [0.1, 0.15) is 58.0 Å². The van der Waals surface area contributed by atoms with Gasteiger partial charge in [-0.3, -0.25) is 9.59 Å². The van der Waals surface area contributed by atoms with E-state index in [0.29, 0.717) is 21.5 Å². The third kappa shape index (κ3) is 4.98. The van der Waals surface area contributed by atoms with Crippen molar-refractivity contribution >= 4 is 39.9 Å². The van der Waals surface area contributed by atoms with E-state index in [4.69, 9.17) is 0 Å². The van der Waals surface area contributed by atoms with E-state index in [9.17, 15) is 19.2 Å². The molecule has 8 nitrogen and oxygen atoms in total. The number of aromatic nitrogens is 3. The number of nitrogens with zero attached hydrogens (tertiary/aromatic N) is 4. The number of halogens is 1. The van der Waals surface area contributed by atoms with E-state index in [2.05, 4.69) is 26.9 Å². The molecule has 2 heterocycles. The predicted molar refractivity (Wildman–Crippen MR) is 128 cm³/mol. The number of carbonyl (C=O) groups is 2. The Morgan fingerprint density at radius 2 is 2.06 bits per heavy atom. The Labute approximate surface area is 204 Å². The van der Waals surface area contributed by atoms with Crippen molar-refractivity contribution in [1.29, 1.82) is 5.26 Å². The molecule has 176 valence electrons. The Kier molecular flexibility index (Phi) is 7.29. The molecule has 0 fully saturated rings. The van der Waals surface area contributed by atoms with Gasteiger partial charge in [0.25, 0.3) is 5.91 Å². The summed E-state index contributed by atoms with van der Waals surface area (Å²) in [4.78, 5) is 26.2. The van der Waals surface area contributed by atoms with Crippen LogP contribution in [0.4, 0.5) is 9.39 Å². The molecule has 0 bridgehead atoms. The number of amides is 2. The molecule has 4 rings (SSSR count). The molecule has 2 amide bonds. The van der Waals surface area contributed by atoms with E-state index in [1.165, 1.54) is 46.2 Å². The molecule has 2 N–H and O–H groups in total. The average Bonchev–Trinajstić information content (AvgIpc) is 3.37. The molecule has 0 unspecified atom stereocenters. The van der Waals surface area contributed by atoms with Gasteiger partial charge in [-0.1, -0.05) is 23.9 Å². The Bertz CT molecular complexity index is 1280. The summed E-state index contributed by atoms with van der Waals surface area (Å²) in [7, 11) is 1.74. The molecule has 3 aromatic rings. The lowest BCUT2D eigenvalue weighted by atomic mass is 9.96. The van der Waals surface area contributed by atoms with Gasteiger partial charge in [-0.2, -0.15) is 5.26 Å². The van der Waals surface area contributed by atoms with Gasteiger partial charge >= 0.3 is 0 Å². The monoisotopic (exact) mass is 498 g/mol. The molecule has 1 aliphatic carbocycles. The number of thiophene rings is 1. The maximum absolute atomic E-state index is 13.9. The zero-order chi connectivity index (χ0) is 24.2. The summed E-state index contributed by atoms with van der Waals surface area (Å²) in [6.45, 7) is 1.73. The summed E-state index contributed by atoms with van der Waals surface area (Å²) < 4.78 is 15.6. The molecule has 2 aromatic heterocycles. The van der Waals surface area contributed by atoms with Crippen LogP contribution in [0.15, 0.2) is 29.4 Å². The van der Waals surface area contributed by atoms with Gasteiger partial charge in [-0.05, 0) is 50.3 Å². The zero-order valence-electron chi connectivity index (χ0n) is 18.7. The number of nitrogens with one attached hydrogen (secondary N) is 2. The highest BCUT2D eigenvalue weighted by Crippen LogP contribution is 2.37. The number of anilines is 1. The van der Waals surface area contributed by atoms with Crippen LogP contribution in [0.3, 0.4) is 0 Å². The van der Waals surface area contributed by atoms with Gasteiger partial charge in [0.15, 0.2) is 11.0 Å². The molecule has 0 saturated heterocycles. The van der Waals surface area contributed by atoms with E-state index in [1.54, 1.807) is 24.6 Å². The van der Waals surface area contributed by atoms with Gasteiger partial charge in [0.2, 0.25) is 5.91 Å². The van der Waals surface area contributed by atoms with E-state index < -0.39 is 17.8 Å². The average molecular weight is 499 g/mol. The fourth-order valence-corrected chi connectivity index (χ4v) is 5.85. The number of thioether (sulfide) groups is 1. The van der Waals surface area contributed by atoms with Gasteiger partial charge in [0, 0.05) is 11.9 Å². The smallest absolute Gasteiger partial charge is 0.254 e. The van der Waals surface area contributed by atoms with Crippen molar-refractivity contribution in [1.82, 2.24) is 20.1 Å².